The van der Waals surface area contributed by atoms with Crippen LogP contribution in [-0.4, -0.2) is 39.5 Å². The van der Waals surface area contributed by atoms with Crippen molar-refractivity contribution in [3.8, 4) is 5.75 Å². The van der Waals surface area contributed by atoms with Crippen LogP contribution in [0.25, 0.3) is 0 Å². The minimum atomic E-state index is -2.89. The Bertz CT molecular complexity index is 568. The highest BCUT2D eigenvalue weighted by atomic mass is 32.2. The van der Waals surface area contributed by atoms with E-state index in [1.54, 1.807) is 31.4 Å². The van der Waals surface area contributed by atoms with Gasteiger partial charge in [-0.25, -0.2) is 8.42 Å². The fourth-order valence-corrected chi connectivity index (χ4v) is 4.00. The monoisotopic (exact) mass is 283 g/mol. The molecule has 19 heavy (non-hydrogen) atoms. The van der Waals surface area contributed by atoms with Gasteiger partial charge in [0.05, 0.1) is 18.6 Å². The Kier molecular flexibility index (Phi) is 4.09. The van der Waals surface area contributed by atoms with Crippen molar-refractivity contribution in [2.75, 3.05) is 25.2 Å². The Labute approximate surface area is 112 Å². The lowest BCUT2D eigenvalue weighted by molar-refractivity contribution is 0.0948. The molecule has 104 valence electrons. The van der Waals surface area contributed by atoms with Crippen molar-refractivity contribution in [3.63, 3.8) is 0 Å². The summed E-state index contributed by atoms with van der Waals surface area (Å²) in [4.78, 5) is 11.9. The molecular formula is C13H17NO4S. The standard InChI is InChI=1S/C13H17NO4S/c1-18-12-4-2-3-11(7-12)13(15)14-8-10-5-6-19(16,17)9-10/h2-4,7,10H,5-6,8-9H2,1H3,(H,14,15). The molecule has 1 heterocycles. The lowest BCUT2D eigenvalue weighted by atomic mass is 10.1. The third-order valence-electron chi connectivity index (χ3n) is 3.21. The smallest absolute Gasteiger partial charge is 0.251 e. The van der Waals surface area contributed by atoms with E-state index in [0.29, 0.717) is 24.3 Å². The number of rotatable bonds is 4. The van der Waals surface area contributed by atoms with Crippen LogP contribution in [0.1, 0.15) is 16.8 Å². The Morgan fingerprint density at radius 3 is 2.89 bits per heavy atom. The quantitative estimate of drug-likeness (QED) is 0.889. The van der Waals surface area contributed by atoms with Crippen molar-refractivity contribution in [1.29, 1.82) is 0 Å². The lowest BCUT2D eigenvalue weighted by Gasteiger charge is -2.10. The molecule has 1 amide bonds. The summed E-state index contributed by atoms with van der Waals surface area (Å²) in [5.74, 6) is 0.844. The summed E-state index contributed by atoms with van der Waals surface area (Å²) in [6.07, 6.45) is 0.626. The van der Waals surface area contributed by atoms with E-state index in [0.717, 1.165) is 0 Å². The summed E-state index contributed by atoms with van der Waals surface area (Å²) in [5.41, 5.74) is 0.514. The molecule has 2 rings (SSSR count). The zero-order valence-corrected chi connectivity index (χ0v) is 11.6. The minimum absolute atomic E-state index is 0.0274. The summed E-state index contributed by atoms with van der Waals surface area (Å²) < 4.78 is 27.7. The first-order valence-electron chi connectivity index (χ1n) is 6.13. The average Bonchev–Trinajstić information content (AvgIpc) is 2.75. The van der Waals surface area contributed by atoms with E-state index in [1.165, 1.54) is 0 Å². The summed E-state index contributed by atoms with van der Waals surface area (Å²) >= 11 is 0. The molecule has 5 nitrogen and oxygen atoms in total. The molecule has 1 atom stereocenters. The molecule has 1 N–H and O–H groups in total. The van der Waals surface area contributed by atoms with Crippen LogP contribution in [-0.2, 0) is 9.84 Å². The van der Waals surface area contributed by atoms with Gasteiger partial charge >= 0.3 is 0 Å². The normalized spacial score (nSPS) is 21.0. The molecule has 0 aliphatic carbocycles. The minimum Gasteiger partial charge on any atom is -0.497 e. The highest BCUT2D eigenvalue weighted by Gasteiger charge is 2.27. The van der Waals surface area contributed by atoms with Crippen molar-refractivity contribution in [1.82, 2.24) is 5.32 Å². The van der Waals surface area contributed by atoms with Gasteiger partial charge in [-0.1, -0.05) is 6.07 Å². The second kappa shape index (κ2) is 5.61. The Morgan fingerprint density at radius 1 is 1.47 bits per heavy atom. The van der Waals surface area contributed by atoms with E-state index < -0.39 is 9.84 Å². The van der Waals surface area contributed by atoms with Gasteiger partial charge < -0.3 is 10.1 Å². The second-order valence-electron chi connectivity index (χ2n) is 4.71. The molecule has 6 heteroatoms. The van der Waals surface area contributed by atoms with Gasteiger partial charge in [0.25, 0.3) is 5.91 Å². The lowest BCUT2D eigenvalue weighted by Crippen LogP contribution is -2.29. The number of ether oxygens (including phenoxy) is 1. The van der Waals surface area contributed by atoms with Crippen LogP contribution in [0.4, 0.5) is 0 Å². The van der Waals surface area contributed by atoms with Crippen molar-refractivity contribution >= 4 is 15.7 Å². The SMILES string of the molecule is COc1cccc(C(=O)NCC2CCS(=O)(=O)C2)c1. The fraction of sp³-hybridized carbons (Fsp3) is 0.462. The molecule has 1 saturated heterocycles. The van der Waals surface area contributed by atoms with E-state index >= 15 is 0 Å². The van der Waals surface area contributed by atoms with Crippen molar-refractivity contribution in [2.24, 2.45) is 5.92 Å². The van der Waals surface area contributed by atoms with Crippen LogP contribution < -0.4 is 10.1 Å². The van der Waals surface area contributed by atoms with E-state index in [2.05, 4.69) is 5.32 Å². The van der Waals surface area contributed by atoms with Crippen LogP contribution >= 0.6 is 0 Å². The van der Waals surface area contributed by atoms with Gasteiger partial charge in [0.1, 0.15) is 5.75 Å². The van der Waals surface area contributed by atoms with Crippen molar-refractivity contribution < 1.29 is 17.9 Å². The molecule has 1 unspecified atom stereocenters. The molecular weight excluding hydrogens is 266 g/mol. The number of methoxy groups -OCH3 is 1. The first kappa shape index (κ1) is 13.9. The van der Waals surface area contributed by atoms with Gasteiger partial charge in [-0.15, -0.1) is 0 Å². The molecule has 0 aromatic heterocycles. The van der Waals surface area contributed by atoms with E-state index in [9.17, 15) is 13.2 Å². The predicted octanol–water partition coefficient (Wildman–Crippen LogP) is 0.860. The van der Waals surface area contributed by atoms with Crippen LogP contribution in [0.5, 0.6) is 5.75 Å². The highest BCUT2D eigenvalue weighted by molar-refractivity contribution is 7.91. The first-order valence-corrected chi connectivity index (χ1v) is 7.95. The van der Waals surface area contributed by atoms with Gasteiger partial charge in [-0.05, 0) is 30.5 Å². The Balaban J connectivity index is 1.91. The molecule has 1 aromatic rings. The topological polar surface area (TPSA) is 72.5 Å². The van der Waals surface area contributed by atoms with E-state index in [1.807, 2.05) is 0 Å². The number of amides is 1. The van der Waals surface area contributed by atoms with Crippen LogP contribution in [0.3, 0.4) is 0 Å². The fourth-order valence-electron chi connectivity index (χ4n) is 2.14. The maximum absolute atomic E-state index is 11.9. The number of carbonyl (C=O) groups excluding carboxylic acids is 1. The first-order chi connectivity index (χ1) is 9.00. The molecule has 0 radical (unpaired) electrons. The molecule has 1 aliphatic rings. The maximum Gasteiger partial charge on any atom is 0.251 e. The van der Waals surface area contributed by atoms with E-state index in [4.69, 9.17) is 4.74 Å². The molecule has 1 fully saturated rings. The molecule has 0 saturated carbocycles. The highest BCUT2D eigenvalue weighted by Crippen LogP contribution is 2.18. The van der Waals surface area contributed by atoms with Gasteiger partial charge in [0.2, 0.25) is 0 Å². The zero-order chi connectivity index (χ0) is 13.9. The van der Waals surface area contributed by atoms with Gasteiger partial charge in [0.15, 0.2) is 9.84 Å². The van der Waals surface area contributed by atoms with E-state index in [-0.39, 0.29) is 23.3 Å². The van der Waals surface area contributed by atoms with Crippen LogP contribution in [0.2, 0.25) is 0 Å². The Morgan fingerprint density at radius 2 is 2.26 bits per heavy atom. The number of nitrogens with one attached hydrogen (secondary N) is 1. The number of hydrogen-bond donors (Lipinski definition) is 1. The average molecular weight is 283 g/mol. The number of benzene rings is 1. The number of sulfone groups is 1. The van der Waals surface area contributed by atoms with Gasteiger partial charge in [-0.3, -0.25) is 4.79 Å². The van der Waals surface area contributed by atoms with Crippen LogP contribution in [0.15, 0.2) is 24.3 Å². The summed E-state index contributed by atoms with van der Waals surface area (Å²) in [6, 6.07) is 6.86. The third-order valence-corrected chi connectivity index (χ3v) is 5.05. The second-order valence-corrected chi connectivity index (χ2v) is 6.94. The third kappa shape index (κ3) is 3.70. The predicted molar refractivity (Wildman–Crippen MR) is 72.1 cm³/mol. The largest absolute Gasteiger partial charge is 0.497 e. The van der Waals surface area contributed by atoms with Crippen molar-refractivity contribution in [2.45, 2.75) is 6.42 Å². The maximum atomic E-state index is 11.9. The number of carbonyl (C=O) groups is 1. The number of hydrogen-bond acceptors (Lipinski definition) is 4. The summed E-state index contributed by atoms with van der Waals surface area (Å²) in [6.45, 7) is 0.398. The van der Waals surface area contributed by atoms with Gasteiger partial charge in [0, 0.05) is 12.1 Å². The molecule has 0 bridgehead atoms. The Hall–Kier alpha value is -1.56. The zero-order valence-electron chi connectivity index (χ0n) is 10.8. The summed E-state index contributed by atoms with van der Waals surface area (Å²) in [7, 11) is -1.35. The molecule has 1 aromatic carbocycles. The van der Waals surface area contributed by atoms with Crippen molar-refractivity contribution in [3.05, 3.63) is 29.8 Å². The van der Waals surface area contributed by atoms with Gasteiger partial charge in [-0.2, -0.15) is 0 Å². The summed E-state index contributed by atoms with van der Waals surface area (Å²) in [5, 5.41) is 2.77. The van der Waals surface area contributed by atoms with Crippen LogP contribution in [0, 0.1) is 5.92 Å². The molecule has 0 spiro atoms. The molecule has 1 aliphatic heterocycles.